The Labute approximate surface area is 126 Å². The molecule has 0 saturated heterocycles. The fraction of sp³-hybridized carbons (Fsp3) is 0.467. The van der Waals surface area contributed by atoms with E-state index in [0.717, 1.165) is 0 Å². The number of carbonyl (C=O) groups is 1. The number of halogens is 3. The summed E-state index contributed by atoms with van der Waals surface area (Å²) < 4.78 is 39.8. The van der Waals surface area contributed by atoms with Crippen LogP contribution in [0.5, 0.6) is 0 Å². The van der Waals surface area contributed by atoms with Crippen molar-refractivity contribution in [2.45, 2.75) is 38.6 Å². The van der Waals surface area contributed by atoms with Crippen molar-refractivity contribution in [3.8, 4) is 0 Å². The molecule has 1 amide bonds. The quantitative estimate of drug-likeness (QED) is 0.931. The molecule has 1 aromatic carbocycles. The van der Waals surface area contributed by atoms with Crippen LogP contribution in [0.1, 0.15) is 37.0 Å². The zero-order chi connectivity index (χ0) is 16.5. The van der Waals surface area contributed by atoms with Crippen molar-refractivity contribution in [1.82, 2.24) is 5.01 Å². The highest BCUT2D eigenvalue weighted by Gasteiger charge is 2.63. The third-order valence-electron chi connectivity index (χ3n) is 3.35. The van der Waals surface area contributed by atoms with Crippen molar-refractivity contribution in [3.05, 3.63) is 35.9 Å². The third-order valence-corrected chi connectivity index (χ3v) is 3.35. The molecule has 1 unspecified atom stereocenters. The van der Waals surface area contributed by atoms with E-state index in [1.54, 1.807) is 6.07 Å². The van der Waals surface area contributed by atoms with Crippen LogP contribution in [0.25, 0.3) is 0 Å². The fourth-order valence-electron chi connectivity index (χ4n) is 2.34. The number of rotatable bonds is 3. The Bertz CT molecular complexity index is 584. The fourth-order valence-corrected chi connectivity index (χ4v) is 2.34. The minimum Gasteiger partial charge on any atom is -0.362 e. The van der Waals surface area contributed by atoms with Gasteiger partial charge in [0.25, 0.3) is 11.6 Å². The van der Waals surface area contributed by atoms with Gasteiger partial charge >= 0.3 is 6.18 Å². The standard InChI is InChI=1S/C15H17F3N2O2/c1-10(2)8-12-9-14(22,15(16,17)18)20(19-12)13(21)11-6-4-3-5-7-11/h3-7,10,22H,8-9H2,1-2H3. The van der Waals surface area contributed by atoms with Crippen LogP contribution in [0.4, 0.5) is 13.2 Å². The lowest BCUT2D eigenvalue weighted by Gasteiger charge is -2.32. The Kier molecular flexibility index (Phi) is 4.28. The van der Waals surface area contributed by atoms with E-state index in [0.29, 0.717) is 0 Å². The normalized spacial score (nSPS) is 22.1. The van der Waals surface area contributed by atoms with Crippen LogP contribution < -0.4 is 0 Å². The highest BCUT2D eigenvalue weighted by Crippen LogP contribution is 2.41. The molecular formula is C15H17F3N2O2. The zero-order valence-electron chi connectivity index (χ0n) is 12.3. The monoisotopic (exact) mass is 314 g/mol. The molecule has 0 radical (unpaired) electrons. The van der Waals surface area contributed by atoms with Crippen LogP contribution in [0.2, 0.25) is 0 Å². The van der Waals surface area contributed by atoms with E-state index in [1.165, 1.54) is 24.3 Å². The lowest BCUT2D eigenvalue weighted by atomic mass is 9.99. The molecule has 1 aromatic rings. The zero-order valence-corrected chi connectivity index (χ0v) is 12.3. The van der Waals surface area contributed by atoms with Crippen LogP contribution in [-0.2, 0) is 0 Å². The molecule has 0 aliphatic carbocycles. The second kappa shape index (κ2) is 5.72. The summed E-state index contributed by atoms with van der Waals surface area (Å²) in [6.45, 7) is 3.66. The summed E-state index contributed by atoms with van der Waals surface area (Å²) in [5.41, 5.74) is -3.08. The maximum absolute atomic E-state index is 13.3. The van der Waals surface area contributed by atoms with Crippen LogP contribution in [-0.4, -0.2) is 33.6 Å². The topological polar surface area (TPSA) is 52.9 Å². The molecule has 1 aliphatic heterocycles. The van der Waals surface area contributed by atoms with Gasteiger partial charge in [-0.15, -0.1) is 0 Å². The molecule has 1 aliphatic rings. The summed E-state index contributed by atoms with van der Waals surface area (Å²) in [4.78, 5) is 12.3. The van der Waals surface area contributed by atoms with Gasteiger partial charge in [0.15, 0.2) is 0 Å². The molecule has 0 spiro atoms. The maximum Gasteiger partial charge on any atom is 0.438 e. The summed E-state index contributed by atoms with van der Waals surface area (Å²) in [5.74, 6) is -0.901. The second-order valence-electron chi connectivity index (χ2n) is 5.74. The lowest BCUT2D eigenvalue weighted by Crippen LogP contribution is -2.56. The van der Waals surface area contributed by atoms with Crippen molar-refractivity contribution in [2.75, 3.05) is 0 Å². The van der Waals surface area contributed by atoms with Crippen molar-refractivity contribution >= 4 is 11.6 Å². The maximum atomic E-state index is 13.3. The van der Waals surface area contributed by atoms with Gasteiger partial charge in [0.1, 0.15) is 0 Å². The van der Waals surface area contributed by atoms with Crippen LogP contribution in [0.15, 0.2) is 35.4 Å². The second-order valence-corrected chi connectivity index (χ2v) is 5.74. The van der Waals surface area contributed by atoms with Gasteiger partial charge in [-0.2, -0.15) is 23.3 Å². The number of nitrogens with zero attached hydrogens (tertiary/aromatic N) is 2. The van der Waals surface area contributed by atoms with E-state index in [4.69, 9.17) is 0 Å². The number of hydrazone groups is 1. The minimum absolute atomic E-state index is 0.0414. The van der Waals surface area contributed by atoms with E-state index in [-0.39, 0.29) is 28.6 Å². The predicted octanol–water partition coefficient (Wildman–Crippen LogP) is 3.19. The summed E-state index contributed by atoms with van der Waals surface area (Å²) >= 11 is 0. The number of hydrogen-bond donors (Lipinski definition) is 1. The number of hydrogen-bond acceptors (Lipinski definition) is 3. The summed E-state index contributed by atoms with van der Waals surface area (Å²) in [5, 5.41) is 14.0. The van der Waals surface area contributed by atoms with Gasteiger partial charge in [-0.25, -0.2) is 0 Å². The largest absolute Gasteiger partial charge is 0.438 e. The van der Waals surface area contributed by atoms with Crippen molar-refractivity contribution in [1.29, 1.82) is 0 Å². The molecule has 4 nitrogen and oxygen atoms in total. The number of aliphatic hydroxyl groups is 1. The van der Waals surface area contributed by atoms with Crippen LogP contribution in [0, 0.1) is 5.92 Å². The van der Waals surface area contributed by atoms with Gasteiger partial charge in [0.05, 0.1) is 0 Å². The molecule has 0 aromatic heterocycles. The number of carbonyl (C=O) groups excluding carboxylic acids is 1. The minimum atomic E-state index is -4.99. The average molecular weight is 314 g/mol. The Morgan fingerprint density at radius 2 is 1.95 bits per heavy atom. The van der Waals surface area contributed by atoms with E-state index < -0.39 is 24.2 Å². The number of amides is 1. The average Bonchev–Trinajstić information content (AvgIpc) is 2.76. The first-order chi connectivity index (χ1) is 10.1. The molecule has 1 N–H and O–H groups in total. The Hall–Kier alpha value is -1.89. The van der Waals surface area contributed by atoms with E-state index in [9.17, 15) is 23.1 Å². The van der Waals surface area contributed by atoms with Gasteiger partial charge < -0.3 is 5.11 Å². The molecule has 0 bridgehead atoms. The first-order valence-corrected chi connectivity index (χ1v) is 6.90. The van der Waals surface area contributed by atoms with Gasteiger partial charge in [0.2, 0.25) is 0 Å². The Morgan fingerprint density at radius 3 is 2.45 bits per heavy atom. The van der Waals surface area contributed by atoms with E-state index in [1.807, 2.05) is 13.8 Å². The van der Waals surface area contributed by atoms with Crippen molar-refractivity contribution < 1.29 is 23.1 Å². The van der Waals surface area contributed by atoms with Crippen LogP contribution >= 0.6 is 0 Å². The van der Waals surface area contributed by atoms with Gasteiger partial charge in [-0.1, -0.05) is 32.0 Å². The Morgan fingerprint density at radius 1 is 1.36 bits per heavy atom. The molecule has 2 rings (SSSR count). The van der Waals surface area contributed by atoms with E-state index >= 15 is 0 Å². The van der Waals surface area contributed by atoms with Gasteiger partial charge in [0, 0.05) is 17.7 Å². The van der Waals surface area contributed by atoms with E-state index in [2.05, 4.69) is 5.10 Å². The SMILES string of the molecule is CC(C)CC1=NN(C(=O)c2ccccc2)C(O)(C(F)(F)F)C1. The molecule has 0 saturated carbocycles. The first kappa shape index (κ1) is 16.5. The summed E-state index contributed by atoms with van der Waals surface area (Å²) in [6.07, 6.45) is -5.41. The van der Waals surface area contributed by atoms with Crippen LogP contribution in [0.3, 0.4) is 0 Å². The van der Waals surface area contributed by atoms with Crippen molar-refractivity contribution in [2.24, 2.45) is 11.0 Å². The Balaban J connectivity index is 2.39. The molecule has 1 heterocycles. The molecule has 120 valence electrons. The molecule has 0 fully saturated rings. The smallest absolute Gasteiger partial charge is 0.362 e. The molecule has 22 heavy (non-hydrogen) atoms. The summed E-state index contributed by atoms with van der Waals surface area (Å²) in [6, 6.07) is 7.48. The lowest BCUT2D eigenvalue weighted by molar-refractivity contribution is -0.297. The summed E-state index contributed by atoms with van der Waals surface area (Å²) in [7, 11) is 0. The third kappa shape index (κ3) is 2.99. The highest BCUT2D eigenvalue weighted by molar-refractivity contribution is 5.98. The molecular weight excluding hydrogens is 297 g/mol. The molecule has 7 heteroatoms. The van der Waals surface area contributed by atoms with Gasteiger partial charge in [-0.05, 0) is 24.5 Å². The number of benzene rings is 1. The highest BCUT2D eigenvalue weighted by atomic mass is 19.4. The van der Waals surface area contributed by atoms with Gasteiger partial charge in [-0.3, -0.25) is 4.79 Å². The number of alkyl halides is 3. The first-order valence-electron chi connectivity index (χ1n) is 6.90. The molecule has 1 atom stereocenters. The predicted molar refractivity (Wildman–Crippen MR) is 75.1 cm³/mol. The van der Waals surface area contributed by atoms with Crippen molar-refractivity contribution in [3.63, 3.8) is 0 Å².